The number of hydrogen-bond acceptors (Lipinski definition) is 4. The Kier molecular flexibility index (Phi) is 2.49. The molecule has 0 fully saturated rings. The molecule has 7 heteroatoms. The number of aromatic hydroxyl groups is 1. The number of nitrogens with one attached hydrogen (secondary N) is 1. The monoisotopic (exact) mass is 239 g/mol. The standard InChI is InChI=1S/C9H6ClN3O3/c10-4-1-5(7-3-11-13-12-7)8(14)6(2-4)9(15)16/h1-3,14H,(H,15,16)(H,11,12,13). The molecule has 1 aromatic heterocycles. The van der Waals surface area contributed by atoms with E-state index in [4.69, 9.17) is 16.7 Å². The molecule has 0 unspecified atom stereocenters. The van der Waals surface area contributed by atoms with Gasteiger partial charge in [-0.25, -0.2) is 4.79 Å². The lowest BCUT2D eigenvalue weighted by Crippen LogP contribution is -1.98. The van der Waals surface area contributed by atoms with Crippen LogP contribution >= 0.6 is 11.6 Å². The van der Waals surface area contributed by atoms with Crippen LogP contribution in [0.25, 0.3) is 11.3 Å². The SMILES string of the molecule is O=C(O)c1cc(Cl)cc(-c2cn[nH]n2)c1O. The molecule has 2 aromatic rings. The van der Waals surface area contributed by atoms with E-state index in [-0.39, 0.29) is 21.9 Å². The van der Waals surface area contributed by atoms with Gasteiger partial charge in [-0.15, -0.1) is 0 Å². The first-order chi connectivity index (χ1) is 7.59. The zero-order chi connectivity index (χ0) is 11.7. The number of hydrogen-bond donors (Lipinski definition) is 3. The molecule has 16 heavy (non-hydrogen) atoms. The number of halogens is 1. The molecule has 0 radical (unpaired) electrons. The lowest BCUT2D eigenvalue weighted by molar-refractivity contribution is 0.0694. The molecular formula is C9H6ClN3O3. The average Bonchev–Trinajstić information content (AvgIpc) is 2.73. The molecule has 0 aliphatic rings. The molecule has 0 saturated carbocycles. The predicted molar refractivity (Wildman–Crippen MR) is 55.5 cm³/mol. The Bertz CT molecular complexity index is 539. The average molecular weight is 240 g/mol. The van der Waals surface area contributed by atoms with E-state index in [1.807, 2.05) is 0 Å². The minimum atomic E-state index is -1.26. The van der Waals surface area contributed by atoms with Crippen molar-refractivity contribution in [1.82, 2.24) is 15.4 Å². The lowest BCUT2D eigenvalue weighted by atomic mass is 10.1. The van der Waals surface area contributed by atoms with Crippen molar-refractivity contribution in [2.24, 2.45) is 0 Å². The number of carboxylic acids is 1. The van der Waals surface area contributed by atoms with Gasteiger partial charge in [-0.05, 0) is 12.1 Å². The van der Waals surface area contributed by atoms with Crippen molar-refractivity contribution in [3.63, 3.8) is 0 Å². The van der Waals surface area contributed by atoms with Crippen LogP contribution in [-0.2, 0) is 0 Å². The molecule has 0 atom stereocenters. The van der Waals surface area contributed by atoms with Crippen molar-refractivity contribution < 1.29 is 15.0 Å². The fourth-order valence-electron chi connectivity index (χ4n) is 1.29. The van der Waals surface area contributed by atoms with Crippen LogP contribution < -0.4 is 0 Å². The molecule has 82 valence electrons. The second-order valence-electron chi connectivity index (χ2n) is 3.01. The van der Waals surface area contributed by atoms with Gasteiger partial charge in [-0.3, -0.25) is 0 Å². The van der Waals surface area contributed by atoms with Crippen LogP contribution in [0.1, 0.15) is 10.4 Å². The number of nitrogens with zero attached hydrogens (tertiary/aromatic N) is 2. The van der Waals surface area contributed by atoms with E-state index in [0.717, 1.165) is 0 Å². The Labute approximate surface area is 94.5 Å². The van der Waals surface area contributed by atoms with Crippen molar-refractivity contribution in [1.29, 1.82) is 0 Å². The molecule has 1 heterocycles. The fourth-order valence-corrected chi connectivity index (χ4v) is 1.51. The summed E-state index contributed by atoms with van der Waals surface area (Å²) in [6.07, 6.45) is 1.36. The van der Waals surface area contributed by atoms with Gasteiger partial charge in [0, 0.05) is 10.6 Å². The van der Waals surface area contributed by atoms with Crippen LogP contribution in [0.5, 0.6) is 5.75 Å². The van der Waals surface area contributed by atoms with Crippen LogP contribution in [-0.4, -0.2) is 31.6 Å². The van der Waals surface area contributed by atoms with Crippen molar-refractivity contribution in [3.05, 3.63) is 28.9 Å². The van der Waals surface area contributed by atoms with Gasteiger partial charge in [0.05, 0.1) is 6.20 Å². The summed E-state index contributed by atoms with van der Waals surface area (Å²) < 4.78 is 0. The molecule has 0 amide bonds. The van der Waals surface area contributed by atoms with Gasteiger partial charge < -0.3 is 10.2 Å². The van der Waals surface area contributed by atoms with Crippen LogP contribution in [0.2, 0.25) is 5.02 Å². The molecule has 0 bridgehead atoms. The fraction of sp³-hybridized carbons (Fsp3) is 0. The normalized spacial score (nSPS) is 10.3. The summed E-state index contributed by atoms with van der Waals surface area (Å²) in [4.78, 5) is 10.8. The minimum absolute atomic E-state index is 0.202. The molecule has 0 saturated heterocycles. The van der Waals surface area contributed by atoms with Gasteiger partial charge in [0.1, 0.15) is 17.0 Å². The maximum absolute atomic E-state index is 10.8. The van der Waals surface area contributed by atoms with E-state index in [1.165, 1.54) is 18.3 Å². The number of phenols is 1. The van der Waals surface area contributed by atoms with Gasteiger partial charge in [0.2, 0.25) is 0 Å². The molecular weight excluding hydrogens is 234 g/mol. The maximum atomic E-state index is 10.8. The third kappa shape index (κ3) is 1.70. The number of aromatic amines is 1. The van der Waals surface area contributed by atoms with Crippen molar-refractivity contribution in [3.8, 4) is 17.0 Å². The number of carbonyl (C=O) groups is 1. The van der Waals surface area contributed by atoms with E-state index < -0.39 is 5.97 Å². The first-order valence-electron chi connectivity index (χ1n) is 4.21. The second kappa shape index (κ2) is 3.82. The molecule has 0 aliphatic carbocycles. The summed E-state index contributed by atoms with van der Waals surface area (Å²) in [5.41, 5.74) is 0.270. The lowest BCUT2D eigenvalue weighted by Gasteiger charge is -2.05. The minimum Gasteiger partial charge on any atom is -0.506 e. The summed E-state index contributed by atoms with van der Waals surface area (Å²) >= 11 is 5.75. The third-order valence-corrected chi connectivity index (χ3v) is 2.21. The van der Waals surface area contributed by atoms with E-state index in [0.29, 0.717) is 5.69 Å². The summed E-state index contributed by atoms with van der Waals surface area (Å²) in [6.45, 7) is 0. The topological polar surface area (TPSA) is 99.1 Å². The Morgan fingerprint density at radius 1 is 1.44 bits per heavy atom. The Morgan fingerprint density at radius 3 is 2.75 bits per heavy atom. The van der Waals surface area contributed by atoms with Gasteiger partial charge in [0.15, 0.2) is 0 Å². The molecule has 2 rings (SSSR count). The van der Waals surface area contributed by atoms with Crippen LogP contribution in [0.15, 0.2) is 18.3 Å². The number of aromatic nitrogens is 3. The Hall–Kier alpha value is -2.08. The first-order valence-corrected chi connectivity index (χ1v) is 4.59. The molecule has 3 N–H and O–H groups in total. The molecule has 0 spiro atoms. The number of rotatable bonds is 2. The summed E-state index contributed by atoms with van der Waals surface area (Å²) in [5, 5.41) is 28.5. The number of H-pyrrole nitrogens is 1. The smallest absolute Gasteiger partial charge is 0.339 e. The summed E-state index contributed by atoms with van der Waals surface area (Å²) in [5.74, 6) is -1.64. The van der Waals surface area contributed by atoms with Crippen molar-refractivity contribution in [2.75, 3.05) is 0 Å². The van der Waals surface area contributed by atoms with E-state index in [9.17, 15) is 9.90 Å². The van der Waals surface area contributed by atoms with E-state index in [1.54, 1.807) is 0 Å². The quantitative estimate of drug-likeness (QED) is 0.738. The zero-order valence-electron chi connectivity index (χ0n) is 7.81. The summed E-state index contributed by atoms with van der Waals surface area (Å²) in [6, 6.07) is 2.59. The highest BCUT2D eigenvalue weighted by atomic mass is 35.5. The zero-order valence-corrected chi connectivity index (χ0v) is 8.56. The Balaban J connectivity index is 2.67. The van der Waals surface area contributed by atoms with Gasteiger partial charge in [-0.2, -0.15) is 15.4 Å². The molecule has 6 nitrogen and oxygen atoms in total. The van der Waals surface area contributed by atoms with Gasteiger partial charge in [0.25, 0.3) is 0 Å². The molecule has 1 aromatic carbocycles. The van der Waals surface area contributed by atoms with E-state index in [2.05, 4.69) is 15.4 Å². The highest BCUT2D eigenvalue weighted by Crippen LogP contribution is 2.33. The predicted octanol–water partition coefficient (Wildman–Crippen LogP) is 1.53. The van der Waals surface area contributed by atoms with Crippen molar-refractivity contribution >= 4 is 17.6 Å². The first kappa shape index (κ1) is 10.4. The van der Waals surface area contributed by atoms with Crippen molar-refractivity contribution in [2.45, 2.75) is 0 Å². The number of benzene rings is 1. The Morgan fingerprint density at radius 2 is 2.19 bits per heavy atom. The number of aromatic carboxylic acids is 1. The van der Waals surface area contributed by atoms with Crippen LogP contribution in [0, 0.1) is 0 Å². The third-order valence-electron chi connectivity index (χ3n) is 2.00. The van der Waals surface area contributed by atoms with E-state index >= 15 is 0 Å². The van der Waals surface area contributed by atoms with Crippen LogP contribution in [0.4, 0.5) is 0 Å². The summed E-state index contributed by atoms with van der Waals surface area (Å²) in [7, 11) is 0. The number of carboxylic acid groups (broad SMARTS) is 1. The maximum Gasteiger partial charge on any atom is 0.339 e. The molecule has 0 aliphatic heterocycles. The highest BCUT2D eigenvalue weighted by Gasteiger charge is 2.17. The van der Waals surface area contributed by atoms with Gasteiger partial charge in [-0.1, -0.05) is 11.6 Å². The van der Waals surface area contributed by atoms with Crippen LogP contribution in [0.3, 0.4) is 0 Å². The largest absolute Gasteiger partial charge is 0.506 e. The highest BCUT2D eigenvalue weighted by molar-refractivity contribution is 6.31. The second-order valence-corrected chi connectivity index (χ2v) is 3.45. The van der Waals surface area contributed by atoms with Gasteiger partial charge >= 0.3 is 5.97 Å².